The second-order valence-electron chi connectivity index (χ2n) is 7.16. The van der Waals surface area contributed by atoms with Crippen LogP contribution >= 0.6 is 0 Å². The van der Waals surface area contributed by atoms with Gasteiger partial charge in [0.05, 0.1) is 5.69 Å². The van der Waals surface area contributed by atoms with Gasteiger partial charge < -0.3 is 4.90 Å². The van der Waals surface area contributed by atoms with Crippen LogP contribution in [0.5, 0.6) is 0 Å². The molecule has 0 aromatic carbocycles. The van der Waals surface area contributed by atoms with Crippen molar-refractivity contribution >= 4 is 0 Å². The Bertz CT molecular complexity index is 437. The van der Waals surface area contributed by atoms with Crippen molar-refractivity contribution in [3.63, 3.8) is 0 Å². The Kier molecular flexibility index (Phi) is 4.99. The Hall–Kier alpha value is -0.830. The minimum Gasteiger partial charge on any atom is -0.306 e. The van der Waals surface area contributed by atoms with Gasteiger partial charge >= 0.3 is 0 Å². The van der Waals surface area contributed by atoms with E-state index < -0.39 is 0 Å². The number of hydrogen-bond donors (Lipinski definition) is 0. The standard InChI is InChI=1S/C18H31N3/c1-3-21-18(16-9-11-20(2)12-10-16)14-17(19-21)13-15-7-5-4-6-8-15/h14-16H,3-13H2,1-2H3. The summed E-state index contributed by atoms with van der Waals surface area (Å²) in [5.74, 6) is 1.62. The Morgan fingerprint density at radius 3 is 2.48 bits per heavy atom. The molecule has 1 aliphatic heterocycles. The van der Waals surface area contributed by atoms with Crippen LogP contribution in [0.25, 0.3) is 0 Å². The molecule has 0 N–H and O–H groups in total. The maximum Gasteiger partial charge on any atom is 0.0630 e. The number of nitrogens with zero attached hydrogens (tertiary/aromatic N) is 3. The van der Waals surface area contributed by atoms with Gasteiger partial charge in [-0.05, 0) is 58.3 Å². The zero-order chi connectivity index (χ0) is 14.7. The van der Waals surface area contributed by atoms with Crippen molar-refractivity contribution in [2.45, 2.75) is 70.8 Å². The first kappa shape index (κ1) is 15.1. The molecule has 0 radical (unpaired) electrons. The third-order valence-corrected chi connectivity index (χ3v) is 5.52. The summed E-state index contributed by atoms with van der Waals surface area (Å²) in [6.45, 7) is 5.72. The van der Waals surface area contributed by atoms with Crippen molar-refractivity contribution in [3.8, 4) is 0 Å². The maximum absolute atomic E-state index is 4.92. The molecule has 2 aliphatic rings. The number of likely N-dealkylation sites (tertiary alicyclic amines) is 1. The van der Waals surface area contributed by atoms with Gasteiger partial charge in [-0.3, -0.25) is 4.68 Å². The number of aryl methyl sites for hydroxylation is 1. The van der Waals surface area contributed by atoms with Gasteiger partial charge in [0.2, 0.25) is 0 Å². The Morgan fingerprint density at radius 1 is 1.10 bits per heavy atom. The van der Waals surface area contributed by atoms with Crippen LogP contribution in [0, 0.1) is 5.92 Å². The molecule has 1 aromatic heterocycles. The van der Waals surface area contributed by atoms with Crippen LogP contribution in [0.15, 0.2) is 6.07 Å². The number of piperidine rings is 1. The van der Waals surface area contributed by atoms with Gasteiger partial charge in [0, 0.05) is 18.2 Å². The molecule has 2 heterocycles. The molecule has 0 unspecified atom stereocenters. The fourth-order valence-corrected chi connectivity index (χ4v) is 4.16. The normalized spacial score (nSPS) is 22.8. The van der Waals surface area contributed by atoms with E-state index in [-0.39, 0.29) is 0 Å². The first-order chi connectivity index (χ1) is 10.3. The second kappa shape index (κ2) is 6.95. The van der Waals surface area contributed by atoms with Gasteiger partial charge in [-0.1, -0.05) is 32.1 Å². The molecule has 0 amide bonds. The van der Waals surface area contributed by atoms with Crippen molar-refractivity contribution in [1.82, 2.24) is 14.7 Å². The van der Waals surface area contributed by atoms with Crippen molar-refractivity contribution in [2.24, 2.45) is 5.92 Å². The summed E-state index contributed by atoms with van der Waals surface area (Å²) in [6, 6.07) is 2.44. The summed E-state index contributed by atoms with van der Waals surface area (Å²) in [5.41, 5.74) is 2.87. The third-order valence-electron chi connectivity index (χ3n) is 5.52. The summed E-state index contributed by atoms with van der Waals surface area (Å²) in [6.07, 6.45) is 11.0. The minimum absolute atomic E-state index is 0.730. The molecule has 3 rings (SSSR count). The summed E-state index contributed by atoms with van der Waals surface area (Å²) >= 11 is 0. The second-order valence-corrected chi connectivity index (χ2v) is 7.16. The predicted octanol–water partition coefficient (Wildman–Crippen LogP) is 3.84. The molecule has 3 heteroatoms. The highest BCUT2D eigenvalue weighted by Crippen LogP contribution is 2.30. The van der Waals surface area contributed by atoms with E-state index in [0.717, 1.165) is 18.4 Å². The molecule has 1 saturated carbocycles. The summed E-state index contributed by atoms with van der Waals surface area (Å²) in [4.78, 5) is 2.45. The lowest BCUT2D eigenvalue weighted by atomic mass is 9.86. The Balaban J connectivity index is 1.68. The summed E-state index contributed by atoms with van der Waals surface area (Å²) in [5, 5.41) is 4.92. The van der Waals surface area contributed by atoms with E-state index >= 15 is 0 Å². The van der Waals surface area contributed by atoms with E-state index in [9.17, 15) is 0 Å². The summed E-state index contributed by atoms with van der Waals surface area (Å²) in [7, 11) is 2.24. The average Bonchev–Trinajstić information content (AvgIpc) is 2.92. The SMILES string of the molecule is CCn1nc(CC2CCCCC2)cc1C1CCN(C)CC1. The molecular formula is C18H31N3. The van der Waals surface area contributed by atoms with Crippen molar-refractivity contribution in [1.29, 1.82) is 0 Å². The van der Waals surface area contributed by atoms with Crippen LogP contribution in [0.1, 0.15) is 69.2 Å². The van der Waals surface area contributed by atoms with Gasteiger partial charge in [0.25, 0.3) is 0 Å². The molecule has 0 atom stereocenters. The zero-order valence-electron chi connectivity index (χ0n) is 13.9. The maximum atomic E-state index is 4.92. The van der Waals surface area contributed by atoms with Crippen LogP contribution < -0.4 is 0 Å². The highest BCUT2D eigenvalue weighted by molar-refractivity contribution is 5.16. The fraction of sp³-hybridized carbons (Fsp3) is 0.833. The van der Waals surface area contributed by atoms with Crippen LogP contribution in [0.2, 0.25) is 0 Å². The van der Waals surface area contributed by atoms with Gasteiger partial charge in [-0.2, -0.15) is 5.10 Å². The highest BCUT2D eigenvalue weighted by atomic mass is 15.3. The van der Waals surface area contributed by atoms with Gasteiger partial charge in [-0.25, -0.2) is 0 Å². The molecule has 118 valence electrons. The van der Waals surface area contributed by atoms with E-state index in [4.69, 9.17) is 5.10 Å². The lowest BCUT2D eigenvalue weighted by molar-refractivity contribution is 0.250. The Morgan fingerprint density at radius 2 is 1.81 bits per heavy atom. The van der Waals surface area contributed by atoms with Crippen LogP contribution in [-0.4, -0.2) is 34.8 Å². The van der Waals surface area contributed by atoms with Crippen molar-refractivity contribution in [3.05, 3.63) is 17.5 Å². The number of hydrogen-bond acceptors (Lipinski definition) is 2. The molecule has 3 nitrogen and oxygen atoms in total. The largest absolute Gasteiger partial charge is 0.306 e. The highest BCUT2D eigenvalue weighted by Gasteiger charge is 2.23. The van der Waals surface area contributed by atoms with Crippen molar-refractivity contribution < 1.29 is 0 Å². The first-order valence-electron chi connectivity index (χ1n) is 9.01. The smallest absolute Gasteiger partial charge is 0.0630 e. The van der Waals surface area contributed by atoms with Crippen LogP contribution in [0.4, 0.5) is 0 Å². The van der Waals surface area contributed by atoms with E-state index in [0.29, 0.717) is 0 Å². The zero-order valence-corrected chi connectivity index (χ0v) is 13.9. The molecule has 0 bridgehead atoms. The van der Waals surface area contributed by atoms with Gasteiger partial charge in [0.15, 0.2) is 0 Å². The molecule has 1 aliphatic carbocycles. The van der Waals surface area contributed by atoms with Gasteiger partial charge in [0.1, 0.15) is 0 Å². The third kappa shape index (κ3) is 3.68. The topological polar surface area (TPSA) is 21.1 Å². The Labute approximate surface area is 129 Å². The van der Waals surface area contributed by atoms with Crippen LogP contribution in [0.3, 0.4) is 0 Å². The molecule has 0 spiro atoms. The predicted molar refractivity (Wildman–Crippen MR) is 87.7 cm³/mol. The molecule has 21 heavy (non-hydrogen) atoms. The van der Waals surface area contributed by atoms with Crippen molar-refractivity contribution in [2.75, 3.05) is 20.1 Å². The molecule has 2 fully saturated rings. The fourth-order valence-electron chi connectivity index (χ4n) is 4.16. The molecule has 1 aromatic rings. The molecular weight excluding hydrogens is 258 g/mol. The van der Waals surface area contributed by atoms with Gasteiger partial charge in [-0.15, -0.1) is 0 Å². The monoisotopic (exact) mass is 289 g/mol. The lowest BCUT2D eigenvalue weighted by Crippen LogP contribution is -2.30. The lowest BCUT2D eigenvalue weighted by Gasteiger charge is -2.29. The van der Waals surface area contributed by atoms with E-state index in [1.165, 1.54) is 75.8 Å². The molecule has 1 saturated heterocycles. The average molecular weight is 289 g/mol. The quantitative estimate of drug-likeness (QED) is 0.840. The number of rotatable bonds is 4. The minimum atomic E-state index is 0.730. The first-order valence-corrected chi connectivity index (χ1v) is 9.01. The summed E-state index contributed by atoms with van der Waals surface area (Å²) < 4.78 is 2.29. The van der Waals surface area contributed by atoms with E-state index in [1.807, 2.05) is 0 Å². The number of aromatic nitrogens is 2. The van der Waals surface area contributed by atoms with Crippen LogP contribution in [-0.2, 0) is 13.0 Å². The van der Waals surface area contributed by atoms with E-state index in [1.54, 1.807) is 0 Å². The van der Waals surface area contributed by atoms with E-state index in [2.05, 4.69) is 29.6 Å².